The van der Waals surface area contributed by atoms with E-state index in [1.807, 2.05) is 25.2 Å². The van der Waals surface area contributed by atoms with Gasteiger partial charge < -0.3 is 20.0 Å². The number of nitrogens with one attached hydrogen (secondary N) is 1. The van der Waals surface area contributed by atoms with Crippen LogP contribution in [0.1, 0.15) is 37.0 Å². The second kappa shape index (κ2) is 5.84. The van der Waals surface area contributed by atoms with Crippen molar-refractivity contribution in [3.05, 3.63) is 47.8 Å². The van der Waals surface area contributed by atoms with Crippen molar-refractivity contribution in [3.63, 3.8) is 0 Å². The molecule has 3 N–H and O–H groups in total. The van der Waals surface area contributed by atoms with Gasteiger partial charge in [0.15, 0.2) is 5.58 Å². The maximum Gasteiger partial charge on any atom is 0.293 e. The number of oxazole rings is 1. The Hall–Kier alpha value is -3.35. The van der Waals surface area contributed by atoms with Gasteiger partial charge in [-0.25, -0.2) is 4.98 Å². The zero-order valence-electron chi connectivity index (χ0n) is 15.7. The number of hydrogen-bond donors (Lipinski definition) is 2. The molecule has 0 atom stereocenters. The van der Waals surface area contributed by atoms with Gasteiger partial charge in [-0.05, 0) is 30.3 Å². The summed E-state index contributed by atoms with van der Waals surface area (Å²) < 4.78 is 7.46. The highest BCUT2D eigenvalue weighted by molar-refractivity contribution is 6.11. The van der Waals surface area contributed by atoms with Crippen molar-refractivity contribution in [2.45, 2.75) is 26.2 Å². The topological polar surface area (TPSA) is 99.0 Å². The quantitative estimate of drug-likeness (QED) is 0.564. The van der Waals surface area contributed by atoms with Gasteiger partial charge in [0, 0.05) is 18.2 Å². The lowest BCUT2D eigenvalue weighted by atomic mass is 9.96. The molecule has 7 heteroatoms. The smallest absolute Gasteiger partial charge is 0.293 e. The summed E-state index contributed by atoms with van der Waals surface area (Å²) >= 11 is 0. The lowest BCUT2D eigenvalue weighted by Crippen LogP contribution is -2.17. The first kappa shape index (κ1) is 17.1. The molecule has 0 saturated carbocycles. The molecule has 0 spiro atoms. The number of hydrogen-bond acceptors (Lipinski definition) is 5. The summed E-state index contributed by atoms with van der Waals surface area (Å²) in [6, 6.07) is 10.9. The predicted octanol–water partition coefficient (Wildman–Crippen LogP) is 3.85. The Balaban J connectivity index is 1.69. The molecule has 27 heavy (non-hydrogen) atoms. The Bertz CT molecular complexity index is 1180. The highest BCUT2D eigenvalue weighted by Crippen LogP contribution is 2.27. The molecule has 0 unspecified atom stereocenters. The fourth-order valence-corrected chi connectivity index (χ4v) is 3.29. The largest absolute Gasteiger partial charge is 0.423 e. The maximum atomic E-state index is 12.7. The third kappa shape index (κ3) is 2.91. The molecule has 0 fully saturated rings. The SMILES string of the molecule is Cn1c(C(C)(C)C)nc2cc(NC(=O)c3cccc4nc(N)oc34)ccc21. The van der Waals surface area contributed by atoms with Gasteiger partial charge in [0.25, 0.3) is 11.9 Å². The average molecular weight is 363 g/mol. The van der Waals surface area contributed by atoms with E-state index in [4.69, 9.17) is 15.1 Å². The highest BCUT2D eigenvalue weighted by atomic mass is 16.4. The van der Waals surface area contributed by atoms with E-state index in [9.17, 15) is 4.79 Å². The summed E-state index contributed by atoms with van der Waals surface area (Å²) in [7, 11) is 2.00. The Morgan fingerprint density at radius 1 is 1.15 bits per heavy atom. The summed E-state index contributed by atoms with van der Waals surface area (Å²) in [5.74, 6) is 0.700. The van der Waals surface area contributed by atoms with Crippen LogP contribution >= 0.6 is 0 Å². The number of nitrogens with two attached hydrogens (primary N) is 1. The number of fused-ring (bicyclic) bond motifs is 2. The number of aryl methyl sites for hydroxylation is 1. The molecule has 0 radical (unpaired) electrons. The summed E-state index contributed by atoms with van der Waals surface area (Å²) in [6.07, 6.45) is 0. The molecular formula is C20H21N5O2. The van der Waals surface area contributed by atoms with Crippen molar-refractivity contribution in [1.82, 2.24) is 14.5 Å². The number of carbonyl (C=O) groups excluding carboxylic acids is 1. The first-order chi connectivity index (χ1) is 12.7. The number of carbonyl (C=O) groups is 1. The van der Waals surface area contributed by atoms with Crippen molar-refractivity contribution >= 4 is 39.7 Å². The van der Waals surface area contributed by atoms with Crippen LogP contribution in [0.2, 0.25) is 0 Å². The number of para-hydroxylation sites is 1. The first-order valence-electron chi connectivity index (χ1n) is 8.67. The summed E-state index contributed by atoms with van der Waals surface area (Å²) in [4.78, 5) is 21.5. The van der Waals surface area contributed by atoms with Crippen LogP contribution in [0.3, 0.4) is 0 Å². The minimum absolute atomic E-state index is 0.0369. The lowest BCUT2D eigenvalue weighted by molar-refractivity contribution is 0.102. The number of amides is 1. The number of benzene rings is 2. The number of aromatic nitrogens is 3. The van der Waals surface area contributed by atoms with E-state index >= 15 is 0 Å². The van der Waals surface area contributed by atoms with Crippen molar-refractivity contribution in [1.29, 1.82) is 0 Å². The van der Waals surface area contributed by atoms with E-state index < -0.39 is 0 Å². The second-order valence-corrected chi connectivity index (χ2v) is 7.61. The van der Waals surface area contributed by atoms with Gasteiger partial charge in [-0.2, -0.15) is 4.98 Å². The molecular weight excluding hydrogens is 342 g/mol. The van der Waals surface area contributed by atoms with Gasteiger partial charge in [-0.3, -0.25) is 4.79 Å². The summed E-state index contributed by atoms with van der Waals surface area (Å²) in [5, 5.41) is 2.90. The van der Waals surface area contributed by atoms with Gasteiger partial charge in [0.05, 0.1) is 16.6 Å². The molecule has 1 amide bonds. The van der Waals surface area contributed by atoms with Crippen LogP contribution in [0.4, 0.5) is 11.7 Å². The Morgan fingerprint density at radius 3 is 2.67 bits per heavy atom. The maximum absolute atomic E-state index is 12.7. The third-order valence-corrected chi connectivity index (χ3v) is 4.49. The van der Waals surface area contributed by atoms with E-state index in [-0.39, 0.29) is 17.3 Å². The fourth-order valence-electron chi connectivity index (χ4n) is 3.29. The third-order valence-electron chi connectivity index (χ3n) is 4.49. The minimum Gasteiger partial charge on any atom is -0.423 e. The Morgan fingerprint density at radius 2 is 1.93 bits per heavy atom. The normalized spacial score (nSPS) is 12.0. The molecule has 4 rings (SSSR count). The molecule has 0 aliphatic heterocycles. The van der Waals surface area contributed by atoms with Gasteiger partial charge in [-0.1, -0.05) is 26.8 Å². The van der Waals surface area contributed by atoms with Crippen LogP contribution in [0.5, 0.6) is 0 Å². The molecule has 138 valence electrons. The minimum atomic E-state index is -0.289. The monoisotopic (exact) mass is 363 g/mol. The molecule has 2 heterocycles. The van der Waals surface area contributed by atoms with Crippen molar-refractivity contribution in [3.8, 4) is 0 Å². The van der Waals surface area contributed by atoms with Crippen LogP contribution in [0.15, 0.2) is 40.8 Å². The van der Waals surface area contributed by atoms with Crippen LogP contribution in [-0.4, -0.2) is 20.4 Å². The average Bonchev–Trinajstić information content (AvgIpc) is 3.13. The number of rotatable bonds is 2. The molecule has 7 nitrogen and oxygen atoms in total. The summed E-state index contributed by atoms with van der Waals surface area (Å²) in [5.41, 5.74) is 9.36. The zero-order chi connectivity index (χ0) is 19.3. The van der Waals surface area contributed by atoms with E-state index in [1.165, 1.54) is 0 Å². The molecule has 0 aliphatic rings. The zero-order valence-corrected chi connectivity index (χ0v) is 15.7. The lowest BCUT2D eigenvalue weighted by Gasteiger charge is -2.17. The molecule has 2 aromatic carbocycles. The van der Waals surface area contributed by atoms with Crippen LogP contribution in [0, 0.1) is 0 Å². The standard InChI is InChI=1S/C20H21N5O2/c1-20(2,3)18-23-14-10-11(8-9-15(14)25(18)4)22-17(26)12-6-5-7-13-16(12)27-19(21)24-13/h5-10H,1-4H3,(H2,21,24)(H,22,26). The van der Waals surface area contributed by atoms with Gasteiger partial charge in [0.2, 0.25) is 0 Å². The van der Waals surface area contributed by atoms with Crippen LogP contribution in [0.25, 0.3) is 22.1 Å². The number of nitrogen functional groups attached to an aromatic ring is 1. The fraction of sp³-hybridized carbons (Fsp3) is 0.250. The van der Waals surface area contributed by atoms with Gasteiger partial charge in [-0.15, -0.1) is 0 Å². The van der Waals surface area contributed by atoms with Gasteiger partial charge in [0.1, 0.15) is 11.3 Å². The molecule has 2 aromatic heterocycles. The van der Waals surface area contributed by atoms with Crippen molar-refractivity contribution < 1.29 is 9.21 Å². The van der Waals surface area contributed by atoms with Crippen LogP contribution in [-0.2, 0) is 12.5 Å². The molecule has 0 saturated heterocycles. The second-order valence-electron chi connectivity index (χ2n) is 7.61. The molecule has 0 bridgehead atoms. The molecule has 4 aromatic rings. The Labute approximate surface area is 156 Å². The highest BCUT2D eigenvalue weighted by Gasteiger charge is 2.21. The van der Waals surface area contributed by atoms with E-state index in [0.29, 0.717) is 22.4 Å². The first-order valence-corrected chi connectivity index (χ1v) is 8.67. The summed E-state index contributed by atoms with van der Waals surface area (Å²) in [6.45, 7) is 6.38. The number of anilines is 2. The van der Waals surface area contributed by atoms with E-state index in [2.05, 4.69) is 35.6 Å². The van der Waals surface area contributed by atoms with Crippen LogP contribution < -0.4 is 11.1 Å². The van der Waals surface area contributed by atoms with Gasteiger partial charge >= 0.3 is 0 Å². The number of imidazole rings is 1. The van der Waals surface area contributed by atoms with Crippen molar-refractivity contribution in [2.24, 2.45) is 7.05 Å². The Kier molecular flexibility index (Phi) is 3.69. The molecule has 0 aliphatic carbocycles. The van der Waals surface area contributed by atoms with Crippen molar-refractivity contribution in [2.75, 3.05) is 11.1 Å². The predicted molar refractivity (Wildman–Crippen MR) is 106 cm³/mol. The number of nitrogens with zero attached hydrogens (tertiary/aromatic N) is 3. The van der Waals surface area contributed by atoms with E-state index in [0.717, 1.165) is 16.9 Å². The van der Waals surface area contributed by atoms with E-state index in [1.54, 1.807) is 18.2 Å².